The lowest BCUT2D eigenvalue weighted by atomic mass is 9.98. The summed E-state index contributed by atoms with van der Waals surface area (Å²) in [5, 5.41) is 12.2. The Hall–Kier alpha value is -1.78. The number of amidine groups is 1. The first-order chi connectivity index (χ1) is 9.58. The fraction of sp³-hybridized carbons (Fsp3) is 0.600. The first-order valence-corrected chi connectivity index (χ1v) is 7.31. The average Bonchev–Trinajstić information content (AvgIpc) is 2.45. The Morgan fingerprint density at radius 2 is 2.25 bits per heavy atom. The van der Waals surface area contributed by atoms with E-state index in [2.05, 4.69) is 22.0 Å². The molecule has 1 unspecified atom stereocenters. The molecule has 20 heavy (non-hydrogen) atoms. The molecule has 110 valence electrons. The molecule has 2 rings (SSSR count). The number of aryl methyl sites for hydroxylation is 2. The topological polar surface area (TPSA) is 74.7 Å². The van der Waals surface area contributed by atoms with Crippen molar-refractivity contribution in [2.45, 2.75) is 52.5 Å². The van der Waals surface area contributed by atoms with Gasteiger partial charge in [-0.2, -0.15) is 0 Å². The molecule has 0 radical (unpaired) electrons. The fourth-order valence-electron chi connectivity index (χ4n) is 3.10. The maximum absolute atomic E-state index is 9.04. The minimum atomic E-state index is 0.144. The van der Waals surface area contributed by atoms with Crippen LogP contribution in [-0.2, 0) is 0 Å². The molecular weight excluding hydrogens is 252 g/mol. The van der Waals surface area contributed by atoms with Gasteiger partial charge in [-0.05, 0) is 51.2 Å². The zero-order chi connectivity index (χ0) is 14.7. The van der Waals surface area contributed by atoms with Gasteiger partial charge in [0.25, 0.3) is 0 Å². The minimum absolute atomic E-state index is 0.144. The van der Waals surface area contributed by atoms with E-state index in [0.29, 0.717) is 6.04 Å². The molecule has 0 amide bonds. The summed E-state index contributed by atoms with van der Waals surface area (Å²) in [6.45, 7) is 7.16. The second-order valence-electron chi connectivity index (χ2n) is 5.52. The van der Waals surface area contributed by atoms with E-state index in [0.717, 1.165) is 35.6 Å². The number of pyridine rings is 1. The Labute approximate surface area is 120 Å². The monoisotopic (exact) mass is 276 g/mol. The van der Waals surface area contributed by atoms with Gasteiger partial charge in [-0.3, -0.25) is 0 Å². The minimum Gasteiger partial charge on any atom is -0.409 e. The van der Waals surface area contributed by atoms with Crippen LogP contribution >= 0.6 is 0 Å². The van der Waals surface area contributed by atoms with E-state index in [1.54, 1.807) is 0 Å². The highest BCUT2D eigenvalue weighted by atomic mass is 16.4. The van der Waals surface area contributed by atoms with Gasteiger partial charge >= 0.3 is 0 Å². The number of nitrogens with two attached hydrogens (primary N) is 1. The summed E-state index contributed by atoms with van der Waals surface area (Å²) in [4.78, 5) is 7.01. The zero-order valence-electron chi connectivity index (χ0n) is 12.6. The lowest BCUT2D eigenvalue weighted by Crippen LogP contribution is -2.41. The summed E-state index contributed by atoms with van der Waals surface area (Å²) < 4.78 is 0. The molecule has 1 aromatic heterocycles. The van der Waals surface area contributed by atoms with Gasteiger partial charge < -0.3 is 15.8 Å². The van der Waals surface area contributed by atoms with Crippen molar-refractivity contribution < 1.29 is 5.21 Å². The van der Waals surface area contributed by atoms with Gasteiger partial charge in [0.05, 0.1) is 5.56 Å². The molecule has 0 spiro atoms. The molecule has 2 heterocycles. The SMILES string of the molecule is CCC1CCCCN1c1nc(C)cc(C)c1C(N)=NO. The third kappa shape index (κ3) is 2.71. The largest absolute Gasteiger partial charge is 0.409 e. The molecule has 0 aliphatic carbocycles. The maximum atomic E-state index is 9.04. The molecule has 1 aromatic rings. The van der Waals surface area contributed by atoms with E-state index in [9.17, 15) is 0 Å². The van der Waals surface area contributed by atoms with Crippen molar-refractivity contribution in [3.05, 3.63) is 22.9 Å². The first kappa shape index (κ1) is 14.6. The second-order valence-corrected chi connectivity index (χ2v) is 5.52. The first-order valence-electron chi connectivity index (χ1n) is 7.31. The number of anilines is 1. The van der Waals surface area contributed by atoms with Crippen LogP contribution < -0.4 is 10.6 Å². The highest BCUT2D eigenvalue weighted by Crippen LogP contribution is 2.29. The van der Waals surface area contributed by atoms with Crippen LogP contribution in [0.5, 0.6) is 0 Å². The van der Waals surface area contributed by atoms with Gasteiger partial charge in [-0.1, -0.05) is 12.1 Å². The van der Waals surface area contributed by atoms with Gasteiger partial charge in [0.15, 0.2) is 5.84 Å². The van der Waals surface area contributed by atoms with Crippen molar-refractivity contribution in [1.82, 2.24) is 4.98 Å². The van der Waals surface area contributed by atoms with E-state index in [4.69, 9.17) is 10.9 Å². The molecule has 1 aliphatic rings. The van der Waals surface area contributed by atoms with Crippen LogP contribution in [0.15, 0.2) is 11.2 Å². The summed E-state index contributed by atoms with van der Waals surface area (Å²) in [5.41, 5.74) is 8.60. The average molecular weight is 276 g/mol. The molecule has 1 fully saturated rings. The van der Waals surface area contributed by atoms with E-state index in [-0.39, 0.29) is 5.84 Å². The van der Waals surface area contributed by atoms with Crippen LogP contribution in [-0.4, -0.2) is 28.6 Å². The molecule has 1 saturated heterocycles. The number of hydrogen-bond acceptors (Lipinski definition) is 4. The molecular formula is C15H24N4O. The van der Waals surface area contributed by atoms with E-state index in [1.807, 2.05) is 19.9 Å². The number of nitrogens with zero attached hydrogens (tertiary/aromatic N) is 3. The normalized spacial score (nSPS) is 20.2. The van der Waals surface area contributed by atoms with Crippen LogP contribution in [0, 0.1) is 13.8 Å². The molecule has 0 aromatic carbocycles. The highest BCUT2D eigenvalue weighted by molar-refractivity contribution is 6.02. The lowest BCUT2D eigenvalue weighted by molar-refractivity contribution is 0.318. The van der Waals surface area contributed by atoms with E-state index >= 15 is 0 Å². The van der Waals surface area contributed by atoms with Crippen molar-refractivity contribution in [3.63, 3.8) is 0 Å². The van der Waals surface area contributed by atoms with Crippen molar-refractivity contribution in [2.75, 3.05) is 11.4 Å². The summed E-state index contributed by atoms with van der Waals surface area (Å²) >= 11 is 0. The van der Waals surface area contributed by atoms with Crippen LogP contribution in [0.1, 0.15) is 49.4 Å². The number of rotatable bonds is 3. The number of hydrogen-bond donors (Lipinski definition) is 2. The Balaban J connectivity index is 2.53. The second kappa shape index (κ2) is 6.11. The molecule has 3 N–H and O–H groups in total. The van der Waals surface area contributed by atoms with Gasteiger partial charge in [0.2, 0.25) is 0 Å². The predicted molar refractivity (Wildman–Crippen MR) is 81.5 cm³/mol. The fourth-order valence-corrected chi connectivity index (χ4v) is 3.10. The van der Waals surface area contributed by atoms with Gasteiger partial charge in [0, 0.05) is 18.3 Å². The molecule has 0 saturated carbocycles. The Bertz CT molecular complexity index is 513. The summed E-state index contributed by atoms with van der Waals surface area (Å²) in [7, 11) is 0. The molecule has 5 nitrogen and oxygen atoms in total. The Morgan fingerprint density at radius 3 is 2.90 bits per heavy atom. The standard InChI is InChI=1S/C15H24N4O/c1-4-12-7-5-6-8-19(12)15-13(14(16)18-20)10(2)9-11(3)17-15/h9,12,20H,4-8H2,1-3H3,(H2,16,18). The Morgan fingerprint density at radius 1 is 1.50 bits per heavy atom. The maximum Gasteiger partial charge on any atom is 0.174 e. The lowest BCUT2D eigenvalue weighted by Gasteiger charge is -2.37. The van der Waals surface area contributed by atoms with Crippen LogP contribution in [0.4, 0.5) is 5.82 Å². The van der Waals surface area contributed by atoms with Gasteiger partial charge in [-0.25, -0.2) is 4.98 Å². The van der Waals surface area contributed by atoms with Gasteiger partial charge in [0.1, 0.15) is 5.82 Å². The number of piperidine rings is 1. The van der Waals surface area contributed by atoms with Crippen LogP contribution in [0.2, 0.25) is 0 Å². The molecule has 1 atom stereocenters. The summed E-state index contributed by atoms with van der Waals surface area (Å²) in [5.74, 6) is 1.01. The van der Waals surface area contributed by atoms with Crippen LogP contribution in [0.3, 0.4) is 0 Å². The molecule has 5 heteroatoms. The number of oxime groups is 1. The number of aromatic nitrogens is 1. The van der Waals surface area contributed by atoms with E-state index in [1.165, 1.54) is 19.3 Å². The smallest absolute Gasteiger partial charge is 0.174 e. The molecule has 1 aliphatic heterocycles. The summed E-state index contributed by atoms with van der Waals surface area (Å²) in [6, 6.07) is 2.46. The van der Waals surface area contributed by atoms with Crippen molar-refractivity contribution in [2.24, 2.45) is 10.9 Å². The van der Waals surface area contributed by atoms with Crippen molar-refractivity contribution >= 4 is 11.7 Å². The van der Waals surface area contributed by atoms with Crippen LogP contribution in [0.25, 0.3) is 0 Å². The predicted octanol–water partition coefficient (Wildman–Crippen LogP) is 2.56. The zero-order valence-corrected chi connectivity index (χ0v) is 12.6. The van der Waals surface area contributed by atoms with E-state index < -0.39 is 0 Å². The quantitative estimate of drug-likeness (QED) is 0.385. The van der Waals surface area contributed by atoms with Gasteiger partial charge in [-0.15, -0.1) is 0 Å². The third-order valence-electron chi connectivity index (χ3n) is 4.06. The third-order valence-corrected chi connectivity index (χ3v) is 4.06. The molecule has 0 bridgehead atoms. The Kier molecular flexibility index (Phi) is 4.47. The van der Waals surface area contributed by atoms with Crippen molar-refractivity contribution in [1.29, 1.82) is 0 Å². The van der Waals surface area contributed by atoms with Crippen molar-refractivity contribution in [3.8, 4) is 0 Å². The summed E-state index contributed by atoms with van der Waals surface area (Å²) in [6.07, 6.45) is 4.70. The highest BCUT2D eigenvalue weighted by Gasteiger charge is 2.26.